The maximum Gasteiger partial charge on any atom is 0.245 e. The molecule has 36 heavy (non-hydrogen) atoms. The molecule has 3 N–H and O–H groups in total. The van der Waals surface area contributed by atoms with Crippen molar-refractivity contribution >= 4 is 44.4 Å². The highest BCUT2D eigenvalue weighted by Crippen LogP contribution is 2.47. The summed E-state index contributed by atoms with van der Waals surface area (Å²) >= 11 is 1.31. The Morgan fingerprint density at radius 3 is 2.69 bits per heavy atom. The van der Waals surface area contributed by atoms with Crippen LogP contribution in [0.25, 0.3) is 10.4 Å². The van der Waals surface area contributed by atoms with Crippen molar-refractivity contribution in [1.82, 2.24) is 10.5 Å². The van der Waals surface area contributed by atoms with Crippen LogP contribution in [0, 0.1) is 0 Å². The second kappa shape index (κ2) is 10.8. The van der Waals surface area contributed by atoms with Crippen LogP contribution in [0.2, 0.25) is 0 Å². The maximum atomic E-state index is 13.2. The van der Waals surface area contributed by atoms with Gasteiger partial charge in [-0.25, -0.2) is 13.9 Å². The number of nitrogens with one attached hydrogen (secondary N) is 2. The lowest BCUT2D eigenvalue weighted by molar-refractivity contribution is -0.130. The van der Waals surface area contributed by atoms with Crippen molar-refractivity contribution in [1.29, 1.82) is 0 Å². The van der Waals surface area contributed by atoms with Crippen LogP contribution >= 0.6 is 11.3 Å². The van der Waals surface area contributed by atoms with Crippen LogP contribution in [-0.4, -0.2) is 49.8 Å². The number of likely N-dealkylation sites (N-methyl/N-ethyl adjacent to an activating group) is 1. The minimum absolute atomic E-state index is 0.00789. The average molecular weight is 529 g/mol. The van der Waals surface area contributed by atoms with Crippen LogP contribution in [-0.2, 0) is 24.2 Å². The van der Waals surface area contributed by atoms with Crippen LogP contribution in [0.3, 0.4) is 0 Å². The Labute approximate surface area is 214 Å². The van der Waals surface area contributed by atoms with Gasteiger partial charge in [-0.05, 0) is 54.8 Å². The summed E-state index contributed by atoms with van der Waals surface area (Å²) in [6.07, 6.45) is 4.59. The van der Waals surface area contributed by atoms with Crippen molar-refractivity contribution in [2.75, 3.05) is 29.6 Å². The van der Waals surface area contributed by atoms with Crippen LogP contribution in [0.4, 0.5) is 11.4 Å². The maximum absolute atomic E-state index is 13.2. The van der Waals surface area contributed by atoms with Gasteiger partial charge in [-0.15, -0.1) is 11.3 Å². The SMILES string of the molecule is CN(CC(=O)Nc1cccc(-c2ccc([C@@]3(CC(=O)NO)CCCCS3(=O)=O)s2)c1)c1cccnc1. The molecule has 1 aliphatic heterocycles. The van der Waals surface area contributed by atoms with E-state index in [1.807, 2.05) is 37.4 Å². The second-order valence-electron chi connectivity index (χ2n) is 8.84. The molecule has 2 amide bonds. The van der Waals surface area contributed by atoms with E-state index >= 15 is 0 Å². The molecular weight excluding hydrogens is 500 g/mol. The molecule has 1 atom stereocenters. The molecule has 2 aromatic heterocycles. The van der Waals surface area contributed by atoms with E-state index < -0.39 is 20.5 Å². The number of sulfone groups is 1. The lowest BCUT2D eigenvalue weighted by atomic mass is 9.94. The topological polar surface area (TPSA) is 129 Å². The largest absolute Gasteiger partial charge is 0.364 e. The summed E-state index contributed by atoms with van der Waals surface area (Å²) in [5.74, 6) is -0.905. The number of hydrogen-bond acceptors (Lipinski definition) is 8. The van der Waals surface area contributed by atoms with Gasteiger partial charge >= 0.3 is 0 Å². The zero-order valence-electron chi connectivity index (χ0n) is 19.8. The molecule has 9 nitrogen and oxygen atoms in total. The standard InChI is InChI=1S/C25H28N4O5S2/c1-29(20-8-5-12-26-16-20)17-24(31)27-19-7-4-6-18(14-19)21-9-10-22(35-21)25(15-23(30)28-32)11-2-3-13-36(25,33)34/h4-10,12,14,16,32H,2-3,11,13,15,17H2,1H3,(H,27,31)(H,28,30)/t25-/m0/s1. The first-order chi connectivity index (χ1) is 17.2. The molecule has 0 aliphatic carbocycles. The highest BCUT2D eigenvalue weighted by molar-refractivity contribution is 7.92. The fourth-order valence-corrected chi connectivity index (χ4v) is 8.27. The molecule has 0 unspecified atom stereocenters. The number of pyridine rings is 1. The van der Waals surface area contributed by atoms with Gasteiger partial charge in [0.2, 0.25) is 11.8 Å². The molecule has 0 bridgehead atoms. The van der Waals surface area contributed by atoms with Crippen LogP contribution < -0.4 is 15.7 Å². The number of anilines is 2. The van der Waals surface area contributed by atoms with E-state index in [2.05, 4.69) is 10.3 Å². The molecule has 1 aromatic carbocycles. The zero-order valence-corrected chi connectivity index (χ0v) is 21.4. The van der Waals surface area contributed by atoms with E-state index in [1.54, 1.807) is 41.0 Å². The van der Waals surface area contributed by atoms with Crippen LogP contribution in [0.1, 0.15) is 30.6 Å². The van der Waals surface area contributed by atoms with E-state index in [9.17, 15) is 18.0 Å². The van der Waals surface area contributed by atoms with E-state index in [0.717, 1.165) is 16.1 Å². The third-order valence-electron chi connectivity index (χ3n) is 6.36. The fourth-order valence-electron chi connectivity index (χ4n) is 4.49. The van der Waals surface area contributed by atoms with Crippen molar-refractivity contribution < 1.29 is 23.2 Å². The predicted octanol–water partition coefficient (Wildman–Crippen LogP) is 3.57. The molecule has 3 aromatic rings. The molecule has 1 aliphatic rings. The molecule has 190 valence electrons. The van der Waals surface area contributed by atoms with Gasteiger partial charge in [0, 0.05) is 28.7 Å². The Kier molecular flexibility index (Phi) is 7.72. The number of thiophene rings is 1. The summed E-state index contributed by atoms with van der Waals surface area (Å²) in [7, 11) is -1.79. The number of benzene rings is 1. The van der Waals surface area contributed by atoms with E-state index in [1.165, 1.54) is 11.3 Å². The van der Waals surface area contributed by atoms with Crippen molar-refractivity contribution in [3.63, 3.8) is 0 Å². The average Bonchev–Trinajstić information content (AvgIpc) is 3.37. The minimum atomic E-state index is -3.60. The third kappa shape index (κ3) is 5.43. The molecule has 0 spiro atoms. The summed E-state index contributed by atoms with van der Waals surface area (Å²) in [6, 6.07) is 14.6. The second-order valence-corrected chi connectivity index (χ2v) is 12.3. The van der Waals surface area contributed by atoms with E-state index in [-0.39, 0.29) is 24.6 Å². The summed E-state index contributed by atoms with van der Waals surface area (Å²) in [6.45, 7) is 0.145. The first kappa shape index (κ1) is 25.8. The number of hydrogen-bond donors (Lipinski definition) is 3. The lowest BCUT2D eigenvalue weighted by Gasteiger charge is -2.35. The highest BCUT2D eigenvalue weighted by atomic mass is 32.2. The molecule has 1 saturated heterocycles. The van der Waals surface area contributed by atoms with Gasteiger partial charge in [0.15, 0.2) is 9.84 Å². The van der Waals surface area contributed by atoms with E-state index in [0.29, 0.717) is 29.8 Å². The molecule has 11 heteroatoms. The molecule has 0 saturated carbocycles. The predicted molar refractivity (Wildman–Crippen MR) is 140 cm³/mol. The van der Waals surface area contributed by atoms with Gasteiger partial charge in [0.05, 0.1) is 30.6 Å². The Balaban J connectivity index is 1.54. The molecular formula is C25H28N4O5S2. The van der Waals surface area contributed by atoms with Gasteiger partial charge in [0.25, 0.3) is 0 Å². The van der Waals surface area contributed by atoms with Gasteiger partial charge in [-0.3, -0.25) is 19.8 Å². The van der Waals surface area contributed by atoms with Crippen molar-refractivity contribution in [2.45, 2.75) is 30.4 Å². The third-order valence-corrected chi connectivity index (χ3v) is 10.4. The van der Waals surface area contributed by atoms with Crippen LogP contribution in [0.15, 0.2) is 60.9 Å². The van der Waals surface area contributed by atoms with Gasteiger partial charge < -0.3 is 10.2 Å². The number of carbonyl (C=O) groups excluding carboxylic acids is 2. The van der Waals surface area contributed by atoms with Crippen molar-refractivity contribution in [3.8, 4) is 10.4 Å². The summed E-state index contributed by atoms with van der Waals surface area (Å²) < 4.78 is 25.0. The summed E-state index contributed by atoms with van der Waals surface area (Å²) in [5.41, 5.74) is 3.85. The normalized spacial score (nSPS) is 18.8. The van der Waals surface area contributed by atoms with Crippen molar-refractivity contribution in [2.24, 2.45) is 0 Å². The van der Waals surface area contributed by atoms with E-state index in [4.69, 9.17) is 5.21 Å². The van der Waals surface area contributed by atoms with Gasteiger partial charge in [-0.2, -0.15) is 0 Å². The number of amides is 2. The Hall–Kier alpha value is -3.28. The number of carbonyl (C=O) groups is 2. The zero-order chi connectivity index (χ0) is 25.8. The first-order valence-electron chi connectivity index (χ1n) is 11.5. The lowest BCUT2D eigenvalue weighted by Crippen LogP contribution is -2.43. The van der Waals surface area contributed by atoms with Crippen LogP contribution in [0.5, 0.6) is 0 Å². The van der Waals surface area contributed by atoms with Gasteiger partial charge in [-0.1, -0.05) is 18.6 Å². The van der Waals surface area contributed by atoms with Crippen molar-refractivity contribution in [3.05, 3.63) is 65.8 Å². The quantitative estimate of drug-likeness (QED) is 0.301. The molecule has 1 fully saturated rings. The Bertz CT molecular complexity index is 1340. The number of rotatable bonds is 8. The first-order valence-corrected chi connectivity index (χ1v) is 14.0. The molecule has 3 heterocycles. The Morgan fingerprint density at radius 2 is 1.97 bits per heavy atom. The minimum Gasteiger partial charge on any atom is -0.364 e. The fraction of sp³-hybridized carbons (Fsp3) is 0.320. The number of aromatic nitrogens is 1. The number of hydroxylamine groups is 1. The summed E-state index contributed by atoms with van der Waals surface area (Å²) in [5, 5.41) is 12.0. The van der Waals surface area contributed by atoms with Gasteiger partial charge in [0.1, 0.15) is 4.75 Å². The highest BCUT2D eigenvalue weighted by Gasteiger charge is 2.49. The summed E-state index contributed by atoms with van der Waals surface area (Å²) in [4.78, 5) is 31.9. The monoisotopic (exact) mass is 528 g/mol. The number of nitrogens with zero attached hydrogens (tertiary/aromatic N) is 2. The smallest absolute Gasteiger partial charge is 0.245 e. The molecule has 4 rings (SSSR count). The Morgan fingerprint density at radius 1 is 1.14 bits per heavy atom. The molecule has 0 radical (unpaired) electrons.